The first-order valence-corrected chi connectivity index (χ1v) is 6.94. The third-order valence-electron chi connectivity index (χ3n) is 2.99. The van der Waals surface area contributed by atoms with Crippen molar-refractivity contribution in [1.82, 2.24) is 0 Å². The van der Waals surface area contributed by atoms with E-state index >= 15 is 0 Å². The number of unbranched alkanes of at least 4 members (excludes halogenated alkanes) is 9. The predicted octanol–water partition coefficient (Wildman–Crippen LogP) is 4.42. The van der Waals surface area contributed by atoms with Gasteiger partial charge in [-0.05, 0) is 12.8 Å². The summed E-state index contributed by atoms with van der Waals surface area (Å²) in [5.74, 6) is -0.0992. The van der Waals surface area contributed by atoms with Crippen molar-refractivity contribution in [3.8, 4) is 0 Å². The maximum Gasteiger partial charge on any atom is 0.305 e. The van der Waals surface area contributed by atoms with Gasteiger partial charge in [0.1, 0.15) is 0 Å². The Morgan fingerprint density at radius 3 is 1.65 bits per heavy atom. The zero-order valence-corrected chi connectivity index (χ0v) is 11.2. The molecule has 3 heteroatoms. The van der Waals surface area contributed by atoms with E-state index in [0.717, 1.165) is 25.7 Å². The quantitative estimate of drug-likeness (QED) is 0.376. The summed E-state index contributed by atoms with van der Waals surface area (Å²) >= 11 is 0. The topological polar surface area (TPSA) is 26.3 Å². The highest BCUT2D eigenvalue weighted by Crippen LogP contribution is 2.11. The smallest absolute Gasteiger partial charge is 0.305 e. The molecule has 0 saturated heterocycles. The highest BCUT2D eigenvalue weighted by molar-refractivity contribution is 5.68. The molecule has 0 bridgehead atoms. The lowest BCUT2D eigenvalue weighted by atomic mass is 10.1. The van der Waals surface area contributed by atoms with E-state index in [-0.39, 0.29) is 12.6 Å². The standard InChI is InChI=1S/C14H27FO2/c1-17-14(16)12-10-8-6-4-2-3-5-7-9-11-13-15/h2-13H2,1H3. The molecule has 0 saturated carbocycles. The van der Waals surface area contributed by atoms with E-state index in [1.165, 1.54) is 45.6 Å². The van der Waals surface area contributed by atoms with Crippen molar-refractivity contribution >= 4 is 5.97 Å². The Balaban J connectivity index is 2.96. The highest BCUT2D eigenvalue weighted by Gasteiger charge is 1.98. The molecule has 0 N–H and O–H groups in total. The molecule has 0 heterocycles. The molecule has 0 radical (unpaired) electrons. The Bertz CT molecular complexity index is 172. The molecule has 0 atom stereocenters. The van der Waals surface area contributed by atoms with Crippen LogP contribution in [0.4, 0.5) is 4.39 Å². The molecule has 0 spiro atoms. The fourth-order valence-electron chi connectivity index (χ4n) is 1.88. The van der Waals surface area contributed by atoms with Crippen LogP contribution in [0.2, 0.25) is 0 Å². The molecule has 0 aliphatic carbocycles. The van der Waals surface area contributed by atoms with E-state index in [4.69, 9.17) is 0 Å². The maximum absolute atomic E-state index is 11.8. The number of alkyl halides is 1. The first-order valence-electron chi connectivity index (χ1n) is 6.94. The molecular formula is C14H27FO2. The number of methoxy groups -OCH3 is 1. The van der Waals surface area contributed by atoms with Crippen molar-refractivity contribution in [3.05, 3.63) is 0 Å². The van der Waals surface area contributed by atoms with Gasteiger partial charge in [0.2, 0.25) is 0 Å². The molecule has 2 nitrogen and oxygen atoms in total. The van der Waals surface area contributed by atoms with E-state index in [9.17, 15) is 9.18 Å². The number of halogens is 1. The van der Waals surface area contributed by atoms with Gasteiger partial charge in [-0.2, -0.15) is 0 Å². The number of ether oxygens (including phenoxy) is 1. The molecule has 0 amide bonds. The third kappa shape index (κ3) is 13.3. The minimum atomic E-state index is -0.166. The SMILES string of the molecule is COC(=O)CCCCCCCCCCCCF. The number of esters is 1. The van der Waals surface area contributed by atoms with Crippen LogP contribution in [-0.4, -0.2) is 19.8 Å². The molecule has 17 heavy (non-hydrogen) atoms. The molecule has 0 aromatic rings. The van der Waals surface area contributed by atoms with Crippen LogP contribution in [0.15, 0.2) is 0 Å². The summed E-state index contributed by atoms with van der Waals surface area (Å²) in [7, 11) is 1.44. The van der Waals surface area contributed by atoms with Crippen LogP contribution in [-0.2, 0) is 9.53 Å². The maximum atomic E-state index is 11.8. The summed E-state index contributed by atoms with van der Waals surface area (Å²) in [6.45, 7) is -0.166. The van der Waals surface area contributed by atoms with Crippen molar-refractivity contribution in [2.24, 2.45) is 0 Å². The van der Waals surface area contributed by atoms with Crippen LogP contribution < -0.4 is 0 Å². The van der Waals surface area contributed by atoms with Gasteiger partial charge in [0.25, 0.3) is 0 Å². The summed E-state index contributed by atoms with van der Waals surface area (Å²) in [6.07, 6.45) is 11.8. The van der Waals surface area contributed by atoms with Gasteiger partial charge in [-0.15, -0.1) is 0 Å². The lowest BCUT2D eigenvalue weighted by molar-refractivity contribution is -0.140. The van der Waals surface area contributed by atoms with E-state index < -0.39 is 0 Å². The average Bonchev–Trinajstić information content (AvgIpc) is 2.35. The van der Waals surface area contributed by atoms with E-state index in [1.807, 2.05) is 0 Å². The fraction of sp³-hybridized carbons (Fsp3) is 0.929. The van der Waals surface area contributed by atoms with Crippen molar-refractivity contribution in [2.75, 3.05) is 13.8 Å². The Kier molecular flexibility index (Phi) is 13.0. The number of hydrogen-bond donors (Lipinski definition) is 0. The lowest BCUT2D eigenvalue weighted by Gasteiger charge is -2.02. The molecule has 0 aromatic heterocycles. The van der Waals surface area contributed by atoms with E-state index in [2.05, 4.69) is 4.74 Å². The minimum absolute atomic E-state index is 0.0992. The second-order valence-corrected chi connectivity index (χ2v) is 4.55. The normalized spacial score (nSPS) is 10.5. The Hall–Kier alpha value is -0.600. The van der Waals surface area contributed by atoms with Crippen LogP contribution in [0.1, 0.15) is 70.6 Å². The molecule has 0 aliphatic heterocycles. The Labute approximate surface area is 105 Å². The molecule has 0 fully saturated rings. The van der Waals surface area contributed by atoms with Crippen LogP contribution in [0, 0.1) is 0 Å². The predicted molar refractivity (Wildman–Crippen MR) is 68.8 cm³/mol. The molecule has 102 valence electrons. The van der Waals surface area contributed by atoms with E-state index in [1.54, 1.807) is 0 Å². The van der Waals surface area contributed by atoms with Crippen LogP contribution in [0.25, 0.3) is 0 Å². The summed E-state index contributed by atoms with van der Waals surface area (Å²) in [5.41, 5.74) is 0. The summed E-state index contributed by atoms with van der Waals surface area (Å²) in [6, 6.07) is 0. The van der Waals surface area contributed by atoms with Crippen molar-refractivity contribution in [1.29, 1.82) is 0 Å². The monoisotopic (exact) mass is 246 g/mol. The van der Waals surface area contributed by atoms with Gasteiger partial charge in [-0.3, -0.25) is 9.18 Å². The second kappa shape index (κ2) is 13.5. The number of carbonyl (C=O) groups excluding carboxylic acids is 1. The van der Waals surface area contributed by atoms with Crippen molar-refractivity contribution < 1.29 is 13.9 Å². The van der Waals surface area contributed by atoms with Gasteiger partial charge >= 0.3 is 5.97 Å². The molecular weight excluding hydrogens is 219 g/mol. The molecule has 0 rings (SSSR count). The number of carbonyl (C=O) groups is 1. The second-order valence-electron chi connectivity index (χ2n) is 4.55. The van der Waals surface area contributed by atoms with Gasteiger partial charge in [-0.1, -0.05) is 51.4 Å². The van der Waals surface area contributed by atoms with Crippen LogP contribution in [0.5, 0.6) is 0 Å². The third-order valence-corrected chi connectivity index (χ3v) is 2.99. The molecule has 0 aromatic carbocycles. The highest BCUT2D eigenvalue weighted by atomic mass is 19.1. The van der Waals surface area contributed by atoms with Crippen molar-refractivity contribution in [3.63, 3.8) is 0 Å². The summed E-state index contributed by atoms with van der Waals surface area (Å²) < 4.78 is 16.4. The Morgan fingerprint density at radius 2 is 1.24 bits per heavy atom. The Morgan fingerprint density at radius 1 is 0.824 bits per heavy atom. The zero-order valence-electron chi connectivity index (χ0n) is 11.2. The lowest BCUT2D eigenvalue weighted by Crippen LogP contribution is -1.99. The summed E-state index contributed by atoms with van der Waals surface area (Å²) in [5, 5.41) is 0. The van der Waals surface area contributed by atoms with Crippen LogP contribution >= 0.6 is 0 Å². The number of hydrogen-bond acceptors (Lipinski definition) is 2. The van der Waals surface area contributed by atoms with E-state index in [0.29, 0.717) is 6.42 Å². The fourth-order valence-corrected chi connectivity index (χ4v) is 1.88. The van der Waals surface area contributed by atoms with Gasteiger partial charge in [-0.25, -0.2) is 0 Å². The average molecular weight is 246 g/mol. The molecule has 0 aliphatic rings. The molecule has 0 unspecified atom stereocenters. The van der Waals surface area contributed by atoms with Gasteiger partial charge < -0.3 is 4.74 Å². The first kappa shape index (κ1) is 16.4. The first-order chi connectivity index (χ1) is 8.31. The van der Waals surface area contributed by atoms with Crippen LogP contribution in [0.3, 0.4) is 0 Å². The van der Waals surface area contributed by atoms with Gasteiger partial charge in [0.15, 0.2) is 0 Å². The van der Waals surface area contributed by atoms with Gasteiger partial charge in [0, 0.05) is 6.42 Å². The van der Waals surface area contributed by atoms with Crippen molar-refractivity contribution in [2.45, 2.75) is 70.6 Å². The van der Waals surface area contributed by atoms with Gasteiger partial charge in [0.05, 0.1) is 13.8 Å². The minimum Gasteiger partial charge on any atom is -0.469 e. The zero-order chi connectivity index (χ0) is 12.8. The number of rotatable bonds is 12. The summed E-state index contributed by atoms with van der Waals surface area (Å²) in [4.78, 5) is 10.8. The largest absolute Gasteiger partial charge is 0.469 e.